The minimum absolute atomic E-state index is 0.111. The van der Waals surface area contributed by atoms with Crippen molar-refractivity contribution in [2.75, 3.05) is 6.54 Å². The van der Waals surface area contributed by atoms with E-state index in [1.54, 1.807) is 0 Å². The Labute approximate surface area is 130 Å². The molecule has 1 heterocycles. The van der Waals surface area contributed by atoms with Crippen molar-refractivity contribution in [1.82, 2.24) is 4.31 Å². The molecular formula is C15H21NO3S2. The molecule has 0 saturated heterocycles. The summed E-state index contributed by atoms with van der Waals surface area (Å²) < 4.78 is 28.5. The van der Waals surface area contributed by atoms with Crippen LogP contribution in [0.1, 0.15) is 32.1 Å². The third-order valence-electron chi connectivity index (χ3n) is 3.35. The highest BCUT2D eigenvalue weighted by atomic mass is 32.2. The fraction of sp³-hybridized carbons (Fsp3) is 0.467. The van der Waals surface area contributed by atoms with Gasteiger partial charge in [-0.25, -0.2) is 8.42 Å². The van der Waals surface area contributed by atoms with Crippen LogP contribution < -0.4 is 0 Å². The van der Waals surface area contributed by atoms with Crippen LogP contribution in [0, 0.1) is 0 Å². The van der Waals surface area contributed by atoms with Gasteiger partial charge in [0.1, 0.15) is 4.90 Å². The molecule has 4 nitrogen and oxygen atoms in total. The number of aliphatic hydroxyl groups excluding tert-OH is 1. The number of hydrogen-bond donors (Lipinski definition) is 1. The molecule has 1 aromatic carbocycles. The molecule has 116 valence electrons. The molecule has 0 atom stereocenters. The second-order valence-electron chi connectivity index (χ2n) is 5.22. The minimum atomic E-state index is -3.60. The largest absolute Gasteiger partial charge is 0.391 e. The zero-order chi connectivity index (χ0) is 15.6. The monoisotopic (exact) mass is 327 g/mol. The fourth-order valence-corrected chi connectivity index (χ4v) is 5.94. The van der Waals surface area contributed by atoms with E-state index in [1.165, 1.54) is 15.6 Å². The van der Waals surface area contributed by atoms with Gasteiger partial charge in [-0.3, -0.25) is 0 Å². The Hall–Kier alpha value is -0.950. The summed E-state index contributed by atoms with van der Waals surface area (Å²) in [5.41, 5.74) is 0. The molecule has 2 rings (SSSR count). The molecule has 0 spiro atoms. The third kappa shape index (κ3) is 2.99. The van der Waals surface area contributed by atoms with Crippen molar-refractivity contribution in [2.24, 2.45) is 0 Å². The molecule has 1 N–H and O–H groups in total. The molecule has 2 aromatic rings. The second kappa shape index (κ2) is 6.44. The molecule has 6 heteroatoms. The number of fused-ring (bicyclic) bond motifs is 1. The van der Waals surface area contributed by atoms with Gasteiger partial charge >= 0.3 is 0 Å². The van der Waals surface area contributed by atoms with Crippen LogP contribution in [-0.2, 0) is 16.6 Å². The number of thiophene rings is 1. The normalized spacial score (nSPS) is 12.7. The summed E-state index contributed by atoms with van der Waals surface area (Å²) in [5.74, 6) is 0. The van der Waals surface area contributed by atoms with Crippen molar-refractivity contribution < 1.29 is 13.5 Å². The Morgan fingerprint density at radius 3 is 2.52 bits per heavy atom. The van der Waals surface area contributed by atoms with Crippen molar-refractivity contribution in [3.8, 4) is 0 Å². The zero-order valence-corrected chi connectivity index (χ0v) is 14.2. The average Bonchev–Trinajstić information content (AvgIpc) is 2.83. The van der Waals surface area contributed by atoms with Gasteiger partial charge in [-0.05, 0) is 26.3 Å². The predicted octanol–water partition coefficient (Wildman–Crippen LogP) is 3.20. The van der Waals surface area contributed by atoms with Crippen molar-refractivity contribution in [1.29, 1.82) is 0 Å². The van der Waals surface area contributed by atoms with E-state index >= 15 is 0 Å². The number of hydrogen-bond acceptors (Lipinski definition) is 4. The van der Waals surface area contributed by atoms with Crippen molar-refractivity contribution >= 4 is 31.4 Å². The fourth-order valence-electron chi connectivity index (χ4n) is 2.45. The summed E-state index contributed by atoms with van der Waals surface area (Å²) in [6.07, 6.45) is 0.758. The van der Waals surface area contributed by atoms with Crippen molar-refractivity contribution in [3.05, 3.63) is 29.1 Å². The van der Waals surface area contributed by atoms with Gasteiger partial charge in [0.25, 0.3) is 0 Å². The molecular weight excluding hydrogens is 306 g/mol. The Balaban J connectivity index is 2.68. The highest BCUT2D eigenvalue weighted by molar-refractivity contribution is 7.89. The molecule has 0 aliphatic rings. The number of aliphatic hydroxyl groups is 1. The van der Waals surface area contributed by atoms with Crippen LogP contribution in [0.25, 0.3) is 10.1 Å². The van der Waals surface area contributed by atoms with Gasteiger partial charge in [0.05, 0.1) is 11.5 Å². The molecule has 0 bridgehead atoms. The summed E-state index contributed by atoms with van der Waals surface area (Å²) in [6, 6.07) is 7.29. The zero-order valence-electron chi connectivity index (χ0n) is 12.5. The van der Waals surface area contributed by atoms with Gasteiger partial charge in [0.2, 0.25) is 10.0 Å². The predicted molar refractivity (Wildman–Crippen MR) is 87.1 cm³/mol. The van der Waals surface area contributed by atoms with E-state index in [0.717, 1.165) is 11.1 Å². The summed E-state index contributed by atoms with van der Waals surface area (Å²) >= 11 is 1.34. The Bertz CT molecular complexity index is 720. The summed E-state index contributed by atoms with van der Waals surface area (Å²) in [4.78, 5) is 0.783. The number of sulfonamides is 1. The first kappa shape index (κ1) is 16.4. The van der Waals surface area contributed by atoms with Gasteiger partial charge in [-0.15, -0.1) is 11.3 Å². The van der Waals surface area contributed by atoms with Crippen LogP contribution >= 0.6 is 11.3 Å². The van der Waals surface area contributed by atoms with E-state index < -0.39 is 10.0 Å². The Morgan fingerprint density at radius 2 is 1.95 bits per heavy atom. The second-order valence-corrected chi connectivity index (χ2v) is 8.18. The molecule has 21 heavy (non-hydrogen) atoms. The molecule has 0 fully saturated rings. The van der Waals surface area contributed by atoms with E-state index in [1.807, 2.05) is 45.0 Å². The number of rotatable bonds is 6. The highest BCUT2D eigenvalue weighted by Crippen LogP contribution is 2.36. The Morgan fingerprint density at radius 1 is 1.29 bits per heavy atom. The van der Waals surface area contributed by atoms with E-state index in [0.29, 0.717) is 16.8 Å². The topological polar surface area (TPSA) is 57.6 Å². The molecule has 0 amide bonds. The smallest absolute Gasteiger partial charge is 0.245 e. The molecule has 0 aliphatic carbocycles. The average molecular weight is 327 g/mol. The SMILES string of the molecule is CCCN(C(C)C)S(=O)(=O)c1c(CO)sc2ccccc12. The van der Waals surface area contributed by atoms with E-state index in [9.17, 15) is 13.5 Å². The van der Waals surface area contributed by atoms with Gasteiger partial charge < -0.3 is 5.11 Å². The van der Waals surface area contributed by atoms with Crippen molar-refractivity contribution in [2.45, 2.75) is 44.7 Å². The quantitative estimate of drug-likeness (QED) is 0.886. The van der Waals surface area contributed by atoms with E-state index in [2.05, 4.69) is 0 Å². The van der Waals surface area contributed by atoms with Gasteiger partial charge in [0.15, 0.2) is 0 Å². The maximum atomic E-state index is 13.0. The lowest BCUT2D eigenvalue weighted by molar-refractivity contribution is 0.282. The lowest BCUT2D eigenvalue weighted by Gasteiger charge is -2.25. The van der Waals surface area contributed by atoms with Crippen LogP contribution in [0.2, 0.25) is 0 Å². The maximum Gasteiger partial charge on any atom is 0.245 e. The molecule has 0 radical (unpaired) electrons. The lowest BCUT2D eigenvalue weighted by atomic mass is 10.2. The van der Waals surface area contributed by atoms with Crippen LogP contribution in [0.4, 0.5) is 0 Å². The van der Waals surface area contributed by atoms with Gasteiger partial charge in [0, 0.05) is 22.7 Å². The minimum Gasteiger partial charge on any atom is -0.391 e. The first-order valence-electron chi connectivity index (χ1n) is 7.06. The van der Waals surface area contributed by atoms with Crippen molar-refractivity contribution in [3.63, 3.8) is 0 Å². The molecule has 0 saturated carbocycles. The van der Waals surface area contributed by atoms with Gasteiger partial charge in [-0.2, -0.15) is 4.31 Å². The van der Waals surface area contributed by atoms with Gasteiger partial charge in [-0.1, -0.05) is 25.1 Å². The molecule has 0 aliphatic heterocycles. The standard InChI is InChI=1S/C15H21NO3S2/c1-4-9-16(11(2)3)21(18,19)15-12-7-5-6-8-13(12)20-14(15)10-17/h5-8,11,17H,4,9-10H2,1-3H3. The van der Waals surface area contributed by atoms with Crippen LogP contribution in [-0.4, -0.2) is 30.4 Å². The maximum absolute atomic E-state index is 13.0. The first-order chi connectivity index (χ1) is 9.93. The Kier molecular flexibility index (Phi) is 5.03. The van der Waals surface area contributed by atoms with Crippen LogP contribution in [0.15, 0.2) is 29.2 Å². The highest BCUT2D eigenvalue weighted by Gasteiger charge is 2.31. The lowest BCUT2D eigenvalue weighted by Crippen LogP contribution is -2.37. The summed E-state index contributed by atoms with van der Waals surface area (Å²) in [7, 11) is -3.60. The number of benzene rings is 1. The van der Waals surface area contributed by atoms with E-state index in [4.69, 9.17) is 0 Å². The van der Waals surface area contributed by atoms with Crippen LogP contribution in [0.5, 0.6) is 0 Å². The first-order valence-corrected chi connectivity index (χ1v) is 9.32. The van der Waals surface area contributed by atoms with Crippen LogP contribution in [0.3, 0.4) is 0 Å². The number of nitrogens with zero attached hydrogens (tertiary/aromatic N) is 1. The summed E-state index contributed by atoms with van der Waals surface area (Å²) in [6.45, 7) is 5.94. The third-order valence-corrected chi connectivity index (χ3v) is 6.84. The van der Waals surface area contributed by atoms with E-state index in [-0.39, 0.29) is 17.5 Å². The molecule has 0 unspecified atom stereocenters. The summed E-state index contributed by atoms with van der Waals surface area (Å²) in [5, 5.41) is 10.3. The molecule has 1 aromatic heterocycles.